The summed E-state index contributed by atoms with van der Waals surface area (Å²) in [4.78, 5) is 0. The van der Waals surface area contributed by atoms with Gasteiger partial charge in [-0.15, -0.1) is 0 Å². The van der Waals surface area contributed by atoms with Crippen molar-refractivity contribution in [2.24, 2.45) is 5.73 Å². The highest BCUT2D eigenvalue weighted by Gasteiger charge is 2.07. The van der Waals surface area contributed by atoms with Crippen LogP contribution in [0.15, 0.2) is 36.4 Å². The molecule has 2 aromatic carbocycles. The third-order valence-electron chi connectivity index (χ3n) is 3.59. The van der Waals surface area contributed by atoms with Crippen molar-refractivity contribution in [3.8, 4) is 5.75 Å². The average Bonchev–Trinajstić information content (AvgIpc) is 2.45. The number of rotatable bonds is 6. The molecule has 2 nitrogen and oxygen atoms in total. The van der Waals surface area contributed by atoms with Gasteiger partial charge in [-0.25, -0.2) is 0 Å². The van der Waals surface area contributed by atoms with Crippen LogP contribution in [-0.2, 0) is 6.42 Å². The van der Waals surface area contributed by atoms with Gasteiger partial charge in [0.15, 0.2) is 0 Å². The van der Waals surface area contributed by atoms with Crippen molar-refractivity contribution in [2.75, 3.05) is 7.11 Å². The second kappa shape index (κ2) is 6.58. The van der Waals surface area contributed by atoms with Crippen LogP contribution in [0.4, 0.5) is 0 Å². The summed E-state index contributed by atoms with van der Waals surface area (Å²) in [6.45, 7) is 2.20. The van der Waals surface area contributed by atoms with Gasteiger partial charge in [0, 0.05) is 6.04 Å². The Labute approximate surface area is 115 Å². The molecule has 0 saturated carbocycles. The van der Waals surface area contributed by atoms with E-state index in [0.717, 1.165) is 18.6 Å². The summed E-state index contributed by atoms with van der Waals surface area (Å²) in [5, 5.41) is 2.51. The van der Waals surface area contributed by atoms with E-state index in [-0.39, 0.29) is 6.04 Å². The minimum atomic E-state index is 0.247. The Morgan fingerprint density at radius 2 is 2.05 bits per heavy atom. The molecule has 2 N–H and O–H groups in total. The smallest absolute Gasteiger partial charge is 0.119 e. The summed E-state index contributed by atoms with van der Waals surface area (Å²) in [6, 6.07) is 12.9. The first-order valence-electron chi connectivity index (χ1n) is 7.05. The van der Waals surface area contributed by atoms with Crippen LogP contribution in [0.2, 0.25) is 0 Å². The summed E-state index contributed by atoms with van der Waals surface area (Å²) in [5.41, 5.74) is 7.54. The van der Waals surface area contributed by atoms with Gasteiger partial charge >= 0.3 is 0 Å². The van der Waals surface area contributed by atoms with Crippen LogP contribution in [0.5, 0.6) is 5.75 Å². The van der Waals surface area contributed by atoms with Crippen LogP contribution in [0, 0.1) is 0 Å². The fraction of sp³-hybridized carbons (Fsp3) is 0.412. The van der Waals surface area contributed by atoms with Crippen molar-refractivity contribution in [1.29, 1.82) is 0 Å². The Morgan fingerprint density at radius 3 is 2.79 bits per heavy atom. The Hall–Kier alpha value is -1.54. The molecule has 1 atom stereocenters. The first-order chi connectivity index (χ1) is 9.24. The van der Waals surface area contributed by atoms with E-state index in [4.69, 9.17) is 10.5 Å². The quantitative estimate of drug-likeness (QED) is 0.851. The lowest BCUT2D eigenvalue weighted by Crippen LogP contribution is -2.22. The van der Waals surface area contributed by atoms with Crippen molar-refractivity contribution >= 4 is 10.8 Å². The van der Waals surface area contributed by atoms with Crippen LogP contribution >= 0.6 is 0 Å². The molecule has 0 aromatic heterocycles. The maximum absolute atomic E-state index is 6.22. The largest absolute Gasteiger partial charge is 0.497 e. The molecule has 2 rings (SSSR count). The molecule has 0 aliphatic carbocycles. The van der Waals surface area contributed by atoms with Gasteiger partial charge in [-0.1, -0.05) is 44.0 Å². The molecule has 2 aromatic rings. The molecule has 102 valence electrons. The van der Waals surface area contributed by atoms with E-state index in [1.165, 1.54) is 29.2 Å². The molecule has 0 fully saturated rings. The standard InChI is InChI=1S/C17H23NO/c1-3-4-8-15(18)11-14-7-5-6-13-9-10-16(19-2)12-17(13)14/h5-7,9-10,12,15H,3-4,8,11,18H2,1-2H3. The molecule has 1 unspecified atom stereocenters. The zero-order valence-corrected chi connectivity index (χ0v) is 11.9. The fourth-order valence-electron chi connectivity index (χ4n) is 2.47. The molecule has 0 amide bonds. The predicted octanol–water partition coefficient (Wildman–Crippen LogP) is 3.91. The fourth-order valence-corrected chi connectivity index (χ4v) is 2.47. The van der Waals surface area contributed by atoms with Gasteiger partial charge in [-0.05, 0) is 41.3 Å². The number of nitrogens with two attached hydrogens (primary N) is 1. The first-order valence-corrected chi connectivity index (χ1v) is 7.05. The van der Waals surface area contributed by atoms with Crippen molar-refractivity contribution < 1.29 is 4.74 Å². The minimum absolute atomic E-state index is 0.247. The van der Waals surface area contributed by atoms with Crippen LogP contribution < -0.4 is 10.5 Å². The maximum atomic E-state index is 6.22. The first kappa shape index (κ1) is 13.9. The van der Waals surface area contributed by atoms with Gasteiger partial charge in [-0.3, -0.25) is 0 Å². The molecule has 0 bridgehead atoms. The van der Waals surface area contributed by atoms with Gasteiger partial charge in [0.2, 0.25) is 0 Å². The molecule has 2 heteroatoms. The number of hydrogen-bond acceptors (Lipinski definition) is 2. The number of fused-ring (bicyclic) bond motifs is 1. The zero-order chi connectivity index (χ0) is 13.7. The minimum Gasteiger partial charge on any atom is -0.497 e. The van der Waals surface area contributed by atoms with Crippen molar-refractivity contribution in [1.82, 2.24) is 0 Å². The Morgan fingerprint density at radius 1 is 1.21 bits per heavy atom. The number of benzene rings is 2. The average molecular weight is 257 g/mol. The molecule has 0 aliphatic heterocycles. The van der Waals surface area contributed by atoms with E-state index in [9.17, 15) is 0 Å². The predicted molar refractivity (Wildman–Crippen MR) is 81.7 cm³/mol. The van der Waals surface area contributed by atoms with Gasteiger partial charge in [0.05, 0.1) is 7.11 Å². The molecule has 0 aliphatic rings. The monoisotopic (exact) mass is 257 g/mol. The van der Waals surface area contributed by atoms with E-state index in [2.05, 4.69) is 37.3 Å². The summed E-state index contributed by atoms with van der Waals surface area (Å²) < 4.78 is 5.32. The van der Waals surface area contributed by atoms with Gasteiger partial charge in [-0.2, -0.15) is 0 Å². The Balaban J connectivity index is 2.26. The summed E-state index contributed by atoms with van der Waals surface area (Å²) in [5.74, 6) is 0.905. The van der Waals surface area contributed by atoms with E-state index < -0.39 is 0 Å². The van der Waals surface area contributed by atoms with Crippen LogP contribution in [0.3, 0.4) is 0 Å². The lowest BCUT2D eigenvalue weighted by Gasteiger charge is -2.13. The van der Waals surface area contributed by atoms with Crippen LogP contribution in [0.1, 0.15) is 31.7 Å². The highest BCUT2D eigenvalue weighted by atomic mass is 16.5. The van der Waals surface area contributed by atoms with Crippen LogP contribution in [0.25, 0.3) is 10.8 Å². The summed E-state index contributed by atoms with van der Waals surface area (Å²) in [6.07, 6.45) is 4.44. The highest BCUT2D eigenvalue weighted by Crippen LogP contribution is 2.25. The maximum Gasteiger partial charge on any atom is 0.119 e. The molecular formula is C17H23NO. The van der Waals surface area contributed by atoms with Crippen LogP contribution in [-0.4, -0.2) is 13.2 Å². The molecule has 0 heterocycles. The molecular weight excluding hydrogens is 234 g/mol. The third-order valence-corrected chi connectivity index (χ3v) is 3.59. The number of methoxy groups -OCH3 is 1. The second-order valence-electron chi connectivity index (χ2n) is 5.11. The van der Waals surface area contributed by atoms with Gasteiger partial charge < -0.3 is 10.5 Å². The van der Waals surface area contributed by atoms with E-state index >= 15 is 0 Å². The van der Waals surface area contributed by atoms with Crippen molar-refractivity contribution in [3.05, 3.63) is 42.0 Å². The number of hydrogen-bond donors (Lipinski definition) is 1. The summed E-state index contributed by atoms with van der Waals surface area (Å²) >= 11 is 0. The van der Waals surface area contributed by atoms with Gasteiger partial charge in [0.1, 0.15) is 5.75 Å². The molecule has 0 radical (unpaired) electrons. The van der Waals surface area contributed by atoms with E-state index in [1.807, 2.05) is 6.07 Å². The van der Waals surface area contributed by atoms with Gasteiger partial charge in [0.25, 0.3) is 0 Å². The number of unbranched alkanes of at least 4 members (excludes halogenated alkanes) is 1. The van der Waals surface area contributed by atoms with Crippen molar-refractivity contribution in [2.45, 2.75) is 38.6 Å². The highest BCUT2D eigenvalue weighted by molar-refractivity contribution is 5.87. The molecule has 0 spiro atoms. The SMILES string of the molecule is CCCCC(N)Cc1cccc2ccc(OC)cc12. The lowest BCUT2D eigenvalue weighted by molar-refractivity contribution is 0.415. The Kier molecular flexibility index (Phi) is 4.80. The summed E-state index contributed by atoms with van der Waals surface area (Å²) in [7, 11) is 1.71. The third kappa shape index (κ3) is 3.48. The lowest BCUT2D eigenvalue weighted by atomic mass is 9.96. The molecule has 19 heavy (non-hydrogen) atoms. The second-order valence-corrected chi connectivity index (χ2v) is 5.11. The zero-order valence-electron chi connectivity index (χ0n) is 11.9. The van der Waals surface area contributed by atoms with E-state index in [1.54, 1.807) is 7.11 Å². The molecule has 0 saturated heterocycles. The normalized spacial score (nSPS) is 12.6. The topological polar surface area (TPSA) is 35.2 Å². The van der Waals surface area contributed by atoms with Crippen molar-refractivity contribution in [3.63, 3.8) is 0 Å². The number of ether oxygens (including phenoxy) is 1. The van der Waals surface area contributed by atoms with E-state index in [0.29, 0.717) is 0 Å². The Bertz CT molecular complexity index is 536.